The number of aromatic nitrogens is 1. The van der Waals surface area contributed by atoms with Gasteiger partial charge in [0.15, 0.2) is 6.61 Å². The lowest BCUT2D eigenvalue weighted by molar-refractivity contribution is -0.139. The van der Waals surface area contributed by atoms with E-state index in [0.29, 0.717) is 40.3 Å². The molecule has 6 nitrogen and oxygen atoms in total. The lowest BCUT2D eigenvalue weighted by atomic mass is 9.87. The number of carboxylic acids is 1. The Kier molecular flexibility index (Phi) is 6.17. The first-order valence-electron chi connectivity index (χ1n) is 11.2. The average Bonchev–Trinajstić information content (AvgIpc) is 3.24. The fraction of sp³-hybridized carbons (Fsp3) is 0.185. The monoisotopic (exact) mass is 492 g/mol. The van der Waals surface area contributed by atoms with Crippen LogP contribution in [-0.2, 0) is 22.4 Å². The molecule has 178 valence electrons. The number of ether oxygens (including phenoxy) is 1. The van der Waals surface area contributed by atoms with E-state index < -0.39 is 18.6 Å². The molecule has 1 unspecified atom stereocenters. The van der Waals surface area contributed by atoms with Gasteiger partial charge in [0, 0.05) is 34.2 Å². The maximum Gasteiger partial charge on any atom is 0.341 e. The molecule has 3 aromatic carbocycles. The molecule has 1 aliphatic heterocycles. The third kappa shape index (κ3) is 4.59. The van der Waals surface area contributed by atoms with Gasteiger partial charge in [-0.25, -0.2) is 9.18 Å². The molecular weight excluding hydrogens is 471 g/mol. The molecule has 0 aliphatic carbocycles. The van der Waals surface area contributed by atoms with Crippen molar-refractivity contribution in [2.75, 3.05) is 13.2 Å². The second-order valence-corrected chi connectivity index (χ2v) is 8.92. The second kappa shape index (κ2) is 9.43. The summed E-state index contributed by atoms with van der Waals surface area (Å²) in [5.74, 6) is -1.26. The summed E-state index contributed by atoms with van der Waals surface area (Å²) in [4.78, 5) is 29.7. The number of aromatic amines is 1. The van der Waals surface area contributed by atoms with Gasteiger partial charge in [0.2, 0.25) is 5.91 Å². The van der Waals surface area contributed by atoms with Crippen LogP contribution in [0.5, 0.6) is 5.75 Å². The van der Waals surface area contributed by atoms with Crippen molar-refractivity contribution >= 4 is 34.4 Å². The van der Waals surface area contributed by atoms with E-state index in [4.69, 9.17) is 21.4 Å². The van der Waals surface area contributed by atoms with Gasteiger partial charge in [0.1, 0.15) is 11.6 Å². The number of rotatable bonds is 6. The molecule has 8 heteroatoms. The van der Waals surface area contributed by atoms with E-state index in [9.17, 15) is 14.0 Å². The minimum absolute atomic E-state index is 0.0774. The number of halogens is 2. The number of carbonyl (C=O) groups excluding carboxylic acids is 1. The number of amides is 1. The number of nitrogens with zero attached hydrogens (tertiary/aromatic N) is 1. The number of nitrogens with one attached hydrogen (secondary N) is 1. The highest BCUT2D eigenvalue weighted by atomic mass is 35.5. The van der Waals surface area contributed by atoms with Gasteiger partial charge in [-0.2, -0.15) is 0 Å². The van der Waals surface area contributed by atoms with Crippen LogP contribution in [0.4, 0.5) is 4.39 Å². The van der Waals surface area contributed by atoms with Crippen LogP contribution in [-0.4, -0.2) is 40.0 Å². The van der Waals surface area contributed by atoms with Crippen molar-refractivity contribution in [1.82, 2.24) is 9.88 Å². The minimum Gasteiger partial charge on any atom is -0.482 e. The summed E-state index contributed by atoms with van der Waals surface area (Å²) in [6.45, 7) is -0.0556. The maximum absolute atomic E-state index is 13.9. The van der Waals surface area contributed by atoms with Crippen LogP contribution in [0, 0.1) is 5.82 Å². The summed E-state index contributed by atoms with van der Waals surface area (Å²) < 4.78 is 19.5. The molecule has 0 spiro atoms. The predicted molar refractivity (Wildman–Crippen MR) is 130 cm³/mol. The van der Waals surface area contributed by atoms with Crippen molar-refractivity contribution in [3.05, 3.63) is 100.0 Å². The molecule has 0 saturated carbocycles. The van der Waals surface area contributed by atoms with Gasteiger partial charge in [-0.1, -0.05) is 35.9 Å². The largest absolute Gasteiger partial charge is 0.482 e. The molecule has 35 heavy (non-hydrogen) atoms. The topological polar surface area (TPSA) is 82.6 Å². The summed E-state index contributed by atoms with van der Waals surface area (Å²) in [7, 11) is 0. The smallest absolute Gasteiger partial charge is 0.341 e. The third-order valence-electron chi connectivity index (χ3n) is 6.29. The Morgan fingerprint density at radius 1 is 1.11 bits per heavy atom. The fourth-order valence-electron chi connectivity index (χ4n) is 4.74. The number of hydrogen-bond donors (Lipinski definition) is 2. The quantitative estimate of drug-likeness (QED) is 0.390. The van der Waals surface area contributed by atoms with Gasteiger partial charge in [0.05, 0.1) is 12.5 Å². The summed E-state index contributed by atoms with van der Waals surface area (Å²) in [6.07, 6.45) is 2.48. The molecule has 1 aliphatic rings. The average molecular weight is 493 g/mol. The number of H-pyrrole nitrogens is 1. The molecule has 2 heterocycles. The van der Waals surface area contributed by atoms with Crippen LogP contribution in [0.3, 0.4) is 0 Å². The molecule has 1 aromatic heterocycles. The molecule has 0 saturated heterocycles. The van der Waals surface area contributed by atoms with E-state index in [2.05, 4.69) is 4.98 Å². The Morgan fingerprint density at radius 2 is 1.94 bits per heavy atom. The van der Waals surface area contributed by atoms with E-state index in [1.54, 1.807) is 35.4 Å². The highest BCUT2D eigenvalue weighted by molar-refractivity contribution is 6.30. The van der Waals surface area contributed by atoms with Gasteiger partial charge in [-0.3, -0.25) is 4.79 Å². The van der Waals surface area contributed by atoms with E-state index >= 15 is 0 Å². The van der Waals surface area contributed by atoms with E-state index in [0.717, 1.165) is 16.6 Å². The second-order valence-electron chi connectivity index (χ2n) is 8.48. The van der Waals surface area contributed by atoms with E-state index in [1.165, 1.54) is 12.1 Å². The highest BCUT2D eigenvalue weighted by Crippen LogP contribution is 2.41. The molecule has 1 atom stereocenters. The first kappa shape index (κ1) is 22.9. The summed E-state index contributed by atoms with van der Waals surface area (Å²) in [5.41, 5.74) is 4.10. The zero-order valence-electron chi connectivity index (χ0n) is 18.6. The Balaban J connectivity index is 1.55. The number of aliphatic carboxylic acids is 1. The van der Waals surface area contributed by atoms with E-state index in [1.807, 2.05) is 24.3 Å². The molecule has 0 fully saturated rings. The van der Waals surface area contributed by atoms with Crippen molar-refractivity contribution in [3.63, 3.8) is 0 Å². The maximum atomic E-state index is 13.9. The standard InChI is InChI=1S/C27H22ClFN2O4/c28-18-5-8-24(35-15-26(33)34)22(12-18)27-20-4-2-1-3-16(20)9-10-31(27)25(32)11-17-14-30-23-7-6-19(29)13-21(17)23/h1-8,12-14,27,30H,9-11,15H2,(H,33,34). The summed E-state index contributed by atoms with van der Waals surface area (Å²) >= 11 is 6.33. The molecule has 1 amide bonds. The van der Waals surface area contributed by atoms with Gasteiger partial charge >= 0.3 is 5.97 Å². The number of carboxylic acid groups (broad SMARTS) is 1. The van der Waals surface area contributed by atoms with Gasteiger partial charge in [-0.05, 0) is 59.5 Å². The van der Waals surface area contributed by atoms with Crippen molar-refractivity contribution < 1.29 is 23.8 Å². The summed E-state index contributed by atoms with van der Waals surface area (Å²) in [5, 5.41) is 10.2. The van der Waals surface area contributed by atoms with E-state index in [-0.39, 0.29) is 18.1 Å². The van der Waals surface area contributed by atoms with Crippen molar-refractivity contribution in [2.24, 2.45) is 0 Å². The molecule has 0 radical (unpaired) electrons. The van der Waals surface area contributed by atoms with Crippen LogP contribution in [0.2, 0.25) is 5.02 Å². The highest BCUT2D eigenvalue weighted by Gasteiger charge is 2.34. The van der Waals surface area contributed by atoms with Crippen LogP contribution >= 0.6 is 11.6 Å². The van der Waals surface area contributed by atoms with Crippen LogP contribution in [0.25, 0.3) is 10.9 Å². The lowest BCUT2D eigenvalue weighted by Crippen LogP contribution is -2.41. The van der Waals surface area contributed by atoms with Crippen molar-refractivity contribution in [2.45, 2.75) is 18.9 Å². The third-order valence-corrected chi connectivity index (χ3v) is 6.53. The van der Waals surface area contributed by atoms with Gasteiger partial charge in [0.25, 0.3) is 0 Å². The van der Waals surface area contributed by atoms with Crippen molar-refractivity contribution in [1.29, 1.82) is 0 Å². The fourth-order valence-corrected chi connectivity index (χ4v) is 4.92. The molecule has 2 N–H and O–H groups in total. The summed E-state index contributed by atoms with van der Waals surface area (Å²) in [6, 6.07) is 16.7. The number of fused-ring (bicyclic) bond motifs is 2. The Bertz CT molecular complexity index is 1430. The van der Waals surface area contributed by atoms with Crippen LogP contribution in [0.1, 0.15) is 28.3 Å². The Morgan fingerprint density at radius 3 is 2.77 bits per heavy atom. The van der Waals surface area contributed by atoms with Crippen LogP contribution in [0.15, 0.2) is 66.9 Å². The zero-order valence-corrected chi connectivity index (χ0v) is 19.4. The van der Waals surface area contributed by atoms with Crippen molar-refractivity contribution in [3.8, 4) is 5.75 Å². The normalized spacial score (nSPS) is 15.1. The van der Waals surface area contributed by atoms with Gasteiger partial charge < -0.3 is 19.7 Å². The zero-order chi connectivity index (χ0) is 24.5. The number of carbonyl (C=O) groups is 2. The Labute approximate surface area is 205 Å². The lowest BCUT2D eigenvalue weighted by Gasteiger charge is -2.38. The van der Waals surface area contributed by atoms with Gasteiger partial charge in [-0.15, -0.1) is 0 Å². The molecule has 0 bridgehead atoms. The molecular formula is C27H22ClFN2O4. The number of benzene rings is 3. The predicted octanol–water partition coefficient (Wildman–Crippen LogP) is 5.14. The molecule has 5 rings (SSSR count). The number of hydrogen-bond acceptors (Lipinski definition) is 3. The molecule has 4 aromatic rings. The minimum atomic E-state index is -1.10. The first-order chi connectivity index (χ1) is 16.9. The first-order valence-corrected chi connectivity index (χ1v) is 11.6. The SMILES string of the molecule is O=C(O)COc1ccc(Cl)cc1C1c2ccccc2CCN1C(=O)Cc1c[nH]c2ccc(F)cc12. The Hall–Kier alpha value is -3.84. The van der Waals surface area contributed by atoms with Crippen LogP contribution < -0.4 is 4.74 Å².